The monoisotopic (exact) mass is 308 g/mol. The van der Waals surface area contributed by atoms with Crippen LogP contribution in [0.2, 0.25) is 0 Å². The van der Waals surface area contributed by atoms with Crippen molar-refractivity contribution in [1.82, 2.24) is 14.9 Å². The van der Waals surface area contributed by atoms with E-state index in [1.54, 1.807) is 18.3 Å². The van der Waals surface area contributed by atoms with Crippen LogP contribution >= 0.6 is 0 Å². The molecule has 0 spiro atoms. The average molecular weight is 308 g/mol. The highest BCUT2D eigenvalue weighted by atomic mass is 19.3. The second-order valence-electron chi connectivity index (χ2n) is 5.74. The van der Waals surface area contributed by atoms with Gasteiger partial charge in [-0.1, -0.05) is 0 Å². The predicted molar refractivity (Wildman–Crippen MR) is 78.6 cm³/mol. The van der Waals surface area contributed by atoms with E-state index in [9.17, 15) is 13.6 Å². The lowest BCUT2D eigenvalue weighted by Gasteiger charge is -2.32. The molecule has 7 heteroatoms. The molecule has 2 aromatic rings. The third kappa shape index (κ3) is 2.94. The summed E-state index contributed by atoms with van der Waals surface area (Å²) in [4.78, 5) is 20.7. The molecular weight excluding hydrogens is 290 g/mol. The van der Waals surface area contributed by atoms with E-state index in [0.717, 1.165) is 24.0 Å². The summed E-state index contributed by atoms with van der Waals surface area (Å²) in [5.41, 5.74) is 7.86. The number of hydrogen-bond donors (Lipinski definition) is 2. The Kier molecular flexibility index (Phi) is 4.06. The molecule has 1 aliphatic rings. The van der Waals surface area contributed by atoms with Gasteiger partial charge in [-0.15, -0.1) is 0 Å². The fourth-order valence-corrected chi connectivity index (χ4v) is 3.04. The standard InChI is InChI=1S/C15H18F2N4O/c16-14(17)9-2-1-5-21(7-9)8-10-6-12(15(18)22)20-11-3-4-19-13(10)11/h3-4,6,9,14,19H,1-2,5,7-8H2,(H2,18,22). The normalized spacial score (nSPS) is 19.9. The van der Waals surface area contributed by atoms with E-state index in [2.05, 4.69) is 9.97 Å². The van der Waals surface area contributed by atoms with Crippen molar-refractivity contribution < 1.29 is 13.6 Å². The van der Waals surface area contributed by atoms with E-state index in [1.165, 1.54) is 0 Å². The molecular formula is C15H18F2N4O. The summed E-state index contributed by atoms with van der Waals surface area (Å²) in [6.07, 6.45) is 0.780. The number of hydrogen-bond acceptors (Lipinski definition) is 3. The summed E-state index contributed by atoms with van der Waals surface area (Å²) in [6, 6.07) is 3.41. The molecule has 1 amide bonds. The van der Waals surface area contributed by atoms with Gasteiger partial charge >= 0.3 is 0 Å². The van der Waals surface area contributed by atoms with Gasteiger partial charge in [0, 0.05) is 25.2 Å². The minimum atomic E-state index is -2.29. The second-order valence-corrected chi connectivity index (χ2v) is 5.74. The number of nitrogens with one attached hydrogen (secondary N) is 1. The van der Waals surface area contributed by atoms with E-state index >= 15 is 0 Å². The Morgan fingerprint density at radius 1 is 1.55 bits per heavy atom. The van der Waals surface area contributed by atoms with Crippen molar-refractivity contribution in [2.45, 2.75) is 25.8 Å². The number of nitrogens with zero attached hydrogens (tertiary/aromatic N) is 2. The Bertz CT molecular complexity index is 685. The van der Waals surface area contributed by atoms with Crippen molar-refractivity contribution in [3.63, 3.8) is 0 Å². The number of pyridine rings is 1. The zero-order valence-corrected chi connectivity index (χ0v) is 12.1. The number of H-pyrrole nitrogens is 1. The minimum Gasteiger partial charge on any atom is -0.364 e. The van der Waals surface area contributed by atoms with Crippen LogP contribution < -0.4 is 5.73 Å². The van der Waals surface area contributed by atoms with Crippen LogP contribution in [0.5, 0.6) is 0 Å². The molecule has 22 heavy (non-hydrogen) atoms. The smallest absolute Gasteiger partial charge is 0.267 e. The van der Waals surface area contributed by atoms with Crippen LogP contribution in [-0.4, -0.2) is 40.3 Å². The molecule has 5 nitrogen and oxygen atoms in total. The number of primary amides is 1. The third-order valence-electron chi connectivity index (χ3n) is 4.14. The summed E-state index contributed by atoms with van der Waals surface area (Å²) < 4.78 is 25.8. The van der Waals surface area contributed by atoms with E-state index in [0.29, 0.717) is 25.0 Å². The first-order valence-corrected chi connectivity index (χ1v) is 7.32. The van der Waals surface area contributed by atoms with E-state index < -0.39 is 18.3 Å². The number of fused-ring (bicyclic) bond motifs is 1. The van der Waals surface area contributed by atoms with E-state index in [-0.39, 0.29) is 5.69 Å². The maximum atomic E-state index is 12.9. The van der Waals surface area contributed by atoms with Gasteiger partial charge in [-0.25, -0.2) is 13.8 Å². The lowest BCUT2D eigenvalue weighted by Crippen LogP contribution is -2.37. The molecule has 0 saturated carbocycles. The zero-order valence-electron chi connectivity index (χ0n) is 12.1. The SMILES string of the molecule is NC(=O)c1cc(CN2CCCC(C(F)F)C2)c2[nH]ccc2n1. The van der Waals surface area contributed by atoms with E-state index in [4.69, 9.17) is 5.73 Å². The van der Waals surface area contributed by atoms with Crippen LogP contribution in [0.1, 0.15) is 28.9 Å². The number of amides is 1. The molecule has 0 aromatic carbocycles. The lowest BCUT2D eigenvalue weighted by molar-refractivity contribution is 0.0254. The van der Waals surface area contributed by atoms with Crippen LogP contribution in [0, 0.1) is 5.92 Å². The number of carbonyl (C=O) groups excluding carboxylic acids is 1. The van der Waals surface area contributed by atoms with Crippen molar-refractivity contribution >= 4 is 16.9 Å². The number of halogens is 2. The van der Waals surface area contributed by atoms with Gasteiger partial charge in [0.2, 0.25) is 6.43 Å². The van der Waals surface area contributed by atoms with Crippen molar-refractivity contribution in [3.8, 4) is 0 Å². The average Bonchev–Trinajstić information content (AvgIpc) is 2.96. The summed E-state index contributed by atoms with van der Waals surface area (Å²) in [7, 11) is 0. The minimum absolute atomic E-state index is 0.199. The Morgan fingerprint density at radius 2 is 2.36 bits per heavy atom. The predicted octanol–water partition coefficient (Wildman–Crippen LogP) is 2.14. The molecule has 0 bridgehead atoms. The van der Waals surface area contributed by atoms with Gasteiger partial charge in [0.1, 0.15) is 5.69 Å². The van der Waals surface area contributed by atoms with Crippen molar-refractivity contribution in [2.75, 3.05) is 13.1 Å². The highest BCUT2D eigenvalue weighted by Crippen LogP contribution is 2.25. The molecule has 1 aliphatic heterocycles. The third-order valence-corrected chi connectivity index (χ3v) is 4.14. The van der Waals surface area contributed by atoms with Crippen LogP contribution in [0.3, 0.4) is 0 Å². The van der Waals surface area contributed by atoms with Gasteiger partial charge in [0.25, 0.3) is 5.91 Å². The summed E-state index contributed by atoms with van der Waals surface area (Å²) in [5, 5.41) is 0. The quantitative estimate of drug-likeness (QED) is 0.908. The largest absolute Gasteiger partial charge is 0.364 e. The molecule has 0 aliphatic carbocycles. The molecule has 118 valence electrons. The first kappa shape index (κ1) is 14.9. The molecule has 1 unspecified atom stereocenters. The van der Waals surface area contributed by atoms with Crippen LogP contribution in [0.25, 0.3) is 11.0 Å². The molecule has 3 heterocycles. The number of likely N-dealkylation sites (tertiary alicyclic amines) is 1. The van der Waals surface area contributed by atoms with Gasteiger partial charge in [-0.05, 0) is 37.1 Å². The highest BCUT2D eigenvalue weighted by Gasteiger charge is 2.27. The molecule has 2 aromatic heterocycles. The Morgan fingerprint density at radius 3 is 3.09 bits per heavy atom. The fraction of sp³-hybridized carbons (Fsp3) is 0.467. The summed E-state index contributed by atoms with van der Waals surface area (Å²) >= 11 is 0. The fourth-order valence-electron chi connectivity index (χ4n) is 3.04. The summed E-state index contributed by atoms with van der Waals surface area (Å²) in [5.74, 6) is -1.17. The molecule has 1 saturated heterocycles. The Labute approximate surface area is 126 Å². The first-order valence-electron chi connectivity index (χ1n) is 7.32. The molecule has 0 radical (unpaired) electrons. The Hall–Kier alpha value is -2.02. The highest BCUT2D eigenvalue weighted by molar-refractivity contribution is 5.94. The van der Waals surface area contributed by atoms with Gasteiger partial charge < -0.3 is 10.7 Å². The van der Waals surface area contributed by atoms with Crippen LogP contribution in [0.4, 0.5) is 8.78 Å². The van der Waals surface area contributed by atoms with Gasteiger partial charge in [-0.2, -0.15) is 0 Å². The molecule has 1 atom stereocenters. The van der Waals surface area contributed by atoms with Crippen molar-refractivity contribution in [2.24, 2.45) is 11.7 Å². The number of aromatic nitrogens is 2. The number of alkyl halides is 2. The summed E-state index contributed by atoms with van der Waals surface area (Å²) in [6.45, 7) is 1.65. The van der Waals surface area contributed by atoms with Gasteiger partial charge in [-0.3, -0.25) is 9.69 Å². The van der Waals surface area contributed by atoms with Gasteiger partial charge in [0.05, 0.1) is 11.0 Å². The topological polar surface area (TPSA) is 75.0 Å². The maximum absolute atomic E-state index is 12.9. The first-order chi connectivity index (χ1) is 10.5. The second kappa shape index (κ2) is 6.00. The van der Waals surface area contributed by atoms with Gasteiger partial charge in [0.15, 0.2) is 0 Å². The number of piperidine rings is 1. The number of rotatable bonds is 4. The van der Waals surface area contributed by atoms with E-state index in [1.807, 2.05) is 4.90 Å². The Balaban J connectivity index is 1.86. The maximum Gasteiger partial charge on any atom is 0.267 e. The van der Waals surface area contributed by atoms with Crippen molar-refractivity contribution in [3.05, 3.63) is 29.6 Å². The van der Waals surface area contributed by atoms with Crippen molar-refractivity contribution in [1.29, 1.82) is 0 Å². The molecule has 3 N–H and O–H groups in total. The van der Waals surface area contributed by atoms with Crippen LogP contribution in [0.15, 0.2) is 18.3 Å². The molecule has 3 rings (SSSR count). The zero-order chi connectivity index (χ0) is 15.7. The number of carbonyl (C=O) groups is 1. The lowest BCUT2D eigenvalue weighted by atomic mass is 9.98. The number of aromatic amines is 1. The number of nitrogens with two attached hydrogens (primary N) is 1. The van der Waals surface area contributed by atoms with Crippen LogP contribution in [-0.2, 0) is 6.54 Å². The molecule has 1 fully saturated rings.